The summed E-state index contributed by atoms with van der Waals surface area (Å²) in [5.74, 6) is 1.61. The van der Waals surface area contributed by atoms with Crippen LogP contribution in [0.15, 0.2) is 34.9 Å². The van der Waals surface area contributed by atoms with Crippen LogP contribution in [-0.2, 0) is 0 Å². The fraction of sp³-hybridized carbons (Fsp3) is 0.154. The van der Waals surface area contributed by atoms with Gasteiger partial charge in [0.2, 0.25) is 0 Å². The van der Waals surface area contributed by atoms with Crippen LogP contribution >= 0.6 is 0 Å². The first-order chi connectivity index (χ1) is 8.30. The summed E-state index contributed by atoms with van der Waals surface area (Å²) in [6.07, 6.45) is 2.31. The highest BCUT2D eigenvalue weighted by atomic mass is 16.5. The predicted octanol–water partition coefficient (Wildman–Crippen LogP) is 2.78. The van der Waals surface area contributed by atoms with E-state index in [9.17, 15) is 4.79 Å². The van der Waals surface area contributed by atoms with Crippen LogP contribution in [0.2, 0.25) is 0 Å². The second kappa shape index (κ2) is 4.74. The van der Waals surface area contributed by atoms with Gasteiger partial charge in [0.15, 0.2) is 17.8 Å². The van der Waals surface area contributed by atoms with Crippen molar-refractivity contribution in [3.05, 3.63) is 36.1 Å². The molecular weight excluding hydrogens is 220 g/mol. The zero-order valence-electron chi connectivity index (χ0n) is 9.60. The molecule has 4 heteroatoms. The van der Waals surface area contributed by atoms with E-state index >= 15 is 0 Å². The number of hydrogen-bond donors (Lipinski definition) is 0. The summed E-state index contributed by atoms with van der Waals surface area (Å²) in [4.78, 5) is 11.0. The molecule has 0 saturated heterocycles. The lowest BCUT2D eigenvalue weighted by Crippen LogP contribution is -1.96. The monoisotopic (exact) mass is 232 g/mol. The molecule has 0 fully saturated rings. The Labute approximate surface area is 98.8 Å². The number of benzene rings is 1. The van der Waals surface area contributed by atoms with Gasteiger partial charge in [-0.25, -0.2) is 0 Å². The summed E-state index contributed by atoms with van der Waals surface area (Å²) in [5.41, 5.74) is 1.20. The lowest BCUT2D eigenvalue weighted by Gasteiger charge is -2.11. The molecule has 0 aliphatic carbocycles. The molecule has 1 aromatic carbocycles. The molecule has 0 aliphatic heterocycles. The van der Waals surface area contributed by atoms with E-state index in [-0.39, 0.29) is 0 Å². The Morgan fingerprint density at radius 3 is 2.59 bits per heavy atom. The predicted molar refractivity (Wildman–Crippen MR) is 62.6 cm³/mol. The lowest BCUT2D eigenvalue weighted by atomic mass is 10.1. The third kappa shape index (κ3) is 2.01. The average molecular weight is 232 g/mol. The SMILES string of the molecule is COc1cc(-c2ccco2)cc(C=O)c1OC. The van der Waals surface area contributed by atoms with Gasteiger partial charge < -0.3 is 13.9 Å². The van der Waals surface area contributed by atoms with Gasteiger partial charge >= 0.3 is 0 Å². The van der Waals surface area contributed by atoms with Gasteiger partial charge in [0.1, 0.15) is 5.76 Å². The normalized spacial score (nSPS) is 10.0. The lowest BCUT2D eigenvalue weighted by molar-refractivity contribution is 0.112. The molecule has 1 heterocycles. The van der Waals surface area contributed by atoms with E-state index in [1.165, 1.54) is 14.2 Å². The van der Waals surface area contributed by atoms with Crippen LogP contribution in [0.5, 0.6) is 11.5 Å². The summed E-state index contributed by atoms with van der Waals surface area (Å²) in [6.45, 7) is 0. The van der Waals surface area contributed by atoms with Crippen molar-refractivity contribution in [1.29, 1.82) is 0 Å². The third-order valence-corrected chi connectivity index (χ3v) is 2.44. The second-order valence-electron chi connectivity index (χ2n) is 3.40. The van der Waals surface area contributed by atoms with Gasteiger partial charge in [-0.3, -0.25) is 4.79 Å². The third-order valence-electron chi connectivity index (χ3n) is 2.44. The van der Waals surface area contributed by atoms with Crippen LogP contribution in [0.3, 0.4) is 0 Å². The van der Waals surface area contributed by atoms with Crippen molar-refractivity contribution in [3.8, 4) is 22.8 Å². The molecule has 2 rings (SSSR count). The molecule has 0 saturated carbocycles. The zero-order chi connectivity index (χ0) is 12.3. The molecule has 0 aliphatic rings. The molecule has 88 valence electrons. The van der Waals surface area contributed by atoms with Gasteiger partial charge in [0.25, 0.3) is 0 Å². The summed E-state index contributed by atoms with van der Waals surface area (Å²) >= 11 is 0. The zero-order valence-corrected chi connectivity index (χ0v) is 9.60. The van der Waals surface area contributed by atoms with Crippen molar-refractivity contribution in [1.82, 2.24) is 0 Å². The first kappa shape index (κ1) is 11.3. The van der Waals surface area contributed by atoms with Gasteiger partial charge in [-0.2, -0.15) is 0 Å². The number of carbonyl (C=O) groups is 1. The van der Waals surface area contributed by atoms with Crippen molar-refractivity contribution >= 4 is 6.29 Å². The van der Waals surface area contributed by atoms with Gasteiger partial charge in [-0.05, 0) is 24.3 Å². The fourth-order valence-corrected chi connectivity index (χ4v) is 1.67. The van der Waals surface area contributed by atoms with Crippen molar-refractivity contribution < 1.29 is 18.7 Å². The molecule has 0 spiro atoms. The summed E-state index contributed by atoms with van der Waals surface area (Å²) in [5, 5.41) is 0. The molecule has 0 radical (unpaired) electrons. The highest BCUT2D eigenvalue weighted by Crippen LogP contribution is 2.35. The molecule has 1 aromatic heterocycles. The fourth-order valence-electron chi connectivity index (χ4n) is 1.67. The largest absolute Gasteiger partial charge is 0.493 e. The van der Waals surface area contributed by atoms with E-state index in [1.807, 2.05) is 6.07 Å². The molecule has 0 amide bonds. The van der Waals surface area contributed by atoms with Crippen LogP contribution in [0.1, 0.15) is 10.4 Å². The molecule has 4 nitrogen and oxygen atoms in total. The number of aldehydes is 1. The van der Waals surface area contributed by atoms with E-state index in [0.717, 1.165) is 11.8 Å². The molecule has 0 atom stereocenters. The molecule has 0 unspecified atom stereocenters. The Bertz CT molecular complexity index is 514. The number of rotatable bonds is 4. The molecule has 0 bridgehead atoms. The van der Waals surface area contributed by atoms with Crippen LogP contribution in [-0.4, -0.2) is 20.5 Å². The maximum Gasteiger partial charge on any atom is 0.171 e. The van der Waals surface area contributed by atoms with Crippen molar-refractivity contribution in [3.63, 3.8) is 0 Å². The minimum absolute atomic E-state index is 0.429. The Morgan fingerprint density at radius 1 is 1.24 bits per heavy atom. The van der Waals surface area contributed by atoms with E-state index in [0.29, 0.717) is 22.8 Å². The van der Waals surface area contributed by atoms with Crippen molar-refractivity contribution in [2.45, 2.75) is 0 Å². The number of carbonyl (C=O) groups excluding carboxylic acids is 1. The highest BCUT2D eigenvalue weighted by molar-refractivity contribution is 5.84. The summed E-state index contributed by atoms with van der Waals surface area (Å²) in [7, 11) is 3.02. The van der Waals surface area contributed by atoms with Gasteiger partial charge in [-0.1, -0.05) is 0 Å². The van der Waals surface area contributed by atoms with Gasteiger partial charge in [-0.15, -0.1) is 0 Å². The topological polar surface area (TPSA) is 48.7 Å². The van der Waals surface area contributed by atoms with Crippen molar-refractivity contribution in [2.75, 3.05) is 14.2 Å². The summed E-state index contributed by atoms with van der Waals surface area (Å²) < 4.78 is 15.6. The van der Waals surface area contributed by atoms with E-state index in [4.69, 9.17) is 13.9 Å². The van der Waals surface area contributed by atoms with Gasteiger partial charge in [0.05, 0.1) is 26.0 Å². The molecular formula is C13H12O4. The Hall–Kier alpha value is -2.23. The quantitative estimate of drug-likeness (QED) is 0.760. The van der Waals surface area contributed by atoms with E-state index in [2.05, 4.69) is 0 Å². The van der Waals surface area contributed by atoms with E-state index in [1.54, 1.807) is 24.5 Å². The standard InChI is InChI=1S/C13H12O4/c1-15-12-7-9(11-4-3-5-17-11)6-10(8-14)13(12)16-2/h3-8H,1-2H3. The molecule has 17 heavy (non-hydrogen) atoms. The first-order valence-corrected chi connectivity index (χ1v) is 5.05. The molecule has 2 aromatic rings. The average Bonchev–Trinajstić information content (AvgIpc) is 2.90. The highest BCUT2D eigenvalue weighted by Gasteiger charge is 2.13. The summed E-state index contributed by atoms with van der Waals surface area (Å²) in [6, 6.07) is 7.07. The Morgan fingerprint density at radius 2 is 2.06 bits per heavy atom. The maximum absolute atomic E-state index is 11.0. The Balaban J connectivity index is 2.60. The van der Waals surface area contributed by atoms with E-state index < -0.39 is 0 Å². The smallest absolute Gasteiger partial charge is 0.171 e. The van der Waals surface area contributed by atoms with Crippen LogP contribution in [0.4, 0.5) is 0 Å². The van der Waals surface area contributed by atoms with Crippen LogP contribution in [0, 0.1) is 0 Å². The number of ether oxygens (including phenoxy) is 2. The van der Waals surface area contributed by atoms with Crippen LogP contribution in [0.25, 0.3) is 11.3 Å². The van der Waals surface area contributed by atoms with Gasteiger partial charge in [0, 0.05) is 5.56 Å². The number of hydrogen-bond acceptors (Lipinski definition) is 4. The second-order valence-corrected chi connectivity index (χ2v) is 3.40. The minimum atomic E-state index is 0.429. The first-order valence-electron chi connectivity index (χ1n) is 5.05. The maximum atomic E-state index is 11.0. The minimum Gasteiger partial charge on any atom is -0.493 e. The molecule has 0 N–H and O–H groups in total. The van der Waals surface area contributed by atoms with Crippen LogP contribution < -0.4 is 9.47 Å². The number of methoxy groups -OCH3 is 2. The number of furan rings is 1. The van der Waals surface area contributed by atoms with Crippen molar-refractivity contribution in [2.24, 2.45) is 0 Å². The Kier molecular flexibility index (Phi) is 3.14.